The predicted molar refractivity (Wildman–Crippen MR) is 276 cm³/mol. The van der Waals surface area contributed by atoms with Crippen LogP contribution in [-0.4, -0.2) is 24.1 Å². The van der Waals surface area contributed by atoms with Crippen molar-refractivity contribution in [1.29, 1.82) is 0 Å². The van der Waals surface area contributed by atoms with Crippen LogP contribution in [0.25, 0.3) is 121 Å². The van der Waals surface area contributed by atoms with Crippen molar-refractivity contribution in [3.63, 3.8) is 0 Å². The average Bonchev–Trinajstić information content (AvgIpc) is 4.08. The minimum atomic E-state index is 0.676. The first-order valence-corrected chi connectivity index (χ1v) is 23.1. The summed E-state index contributed by atoms with van der Waals surface area (Å²) >= 11 is 1.75. The summed E-state index contributed by atoms with van der Waals surface area (Å²) in [5.41, 5.74) is 16.2. The lowest BCUT2D eigenvalue weighted by molar-refractivity contribution is 1.02. The Kier molecular flexibility index (Phi) is 8.86. The molecule has 0 bridgehead atoms. The van der Waals surface area contributed by atoms with Crippen molar-refractivity contribution in [1.82, 2.24) is 24.1 Å². The minimum Gasteiger partial charge on any atom is -0.307 e. The molecular formula is C60H39N5S. The van der Waals surface area contributed by atoms with Crippen LogP contribution in [0.1, 0.15) is 5.56 Å². The smallest absolute Gasteiger partial charge is 0.162 e. The van der Waals surface area contributed by atoms with Gasteiger partial charge in [-0.1, -0.05) is 188 Å². The monoisotopic (exact) mass is 861 g/mol. The van der Waals surface area contributed by atoms with Crippen LogP contribution >= 0.6 is 11.3 Å². The van der Waals surface area contributed by atoms with Crippen molar-refractivity contribution in [2.24, 2.45) is 0 Å². The van der Waals surface area contributed by atoms with E-state index in [1.165, 1.54) is 26.4 Å². The zero-order valence-corrected chi connectivity index (χ0v) is 36.7. The molecule has 66 heavy (non-hydrogen) atoms. The molecule has 0 atom stereocenters. The Labute approximate surface area is 385 Å². The first-order chi connectivity index (χ1) is 32.7. The van der Waals surface area contributed by atoms with Crippen LogP contribution in [0.3, 0.4) is 0 Å². The summed E-state index contributed by atoms with van der Waals surface area (Å²) in [6.07, 6.45) is 0. The van der Waals surface area contributed by atoms with E-state index in [9.17, 15) is 0 Å². The van der Waals surface area contributed by atoms with E-state index < -0.39 is 0 Å². The fourth-order valence-corrected chi connectivity index (χ4v) is 11.0. The third-order valence-corrected chi connectivity index (χ3v) is 14.1. The Morgan fingerprint density at radius 2 is 0.909 bits per heavy atom. The molecule has 0 spiro atoms. The zero-order valence-electron chi connectivity index (χ0n) is 35.9. The largest absolute Gasteiger partial charge is 0.307 e. The fraction of sp³-hybridized carbons (Fsp3) is 0.0167. The van der Waals surface area contributed by atoms with Crippen LogP contribution in [0, 0.1) is 6.92 Å². The van der Waals surface area contributed by atoms with Crippen molar-refractivity contribution >= 4 is 65.2 Å². The minimum absolute atomic E-state index is 0.676. The summed E-state index contributed by atoms with van der Waals surface area (Å²) in [5.74, 6) is 1.52. The summed E-state index contributed by atoms with van der Waals surface area (Å²) in [6, 6.07) is 77.7. The molecule has 0 aliphatic carbocycles. The van der Waals surface area contributed by atoms with Gasteiger partial charge in [0.1, 0.15) is 10.8 Å². The molecule has 13 aromatic rings. The van der Waals surface area contributed by atoms with Gasteiger partial charge in [-0.2, -0.15) is 0 Å². The second-order valence-electron chi connectivity index (χ2n) is 16.8. The van der Waals surface area contributed by atoms with Gasteiger partial charge < -0.3 is 4.57 Å². The van der Waals surface area contributed by atoms with Gasteiger partial charge in [-0.3, -0.25) is 4.57 Å². The second-order valence-corrected chi connectivity index (χ2v) is 17.8. The molecule has 0 aliphatic heterocycles. The number of aromatic nitrogens is 5. The molecule has 13 rings (SSSR count). The van der Waals surface area contributed by atoms with E-state index >= 15 is 0 Å². The standard InChI is InChI=1S/C60H39N5S/c1-38-54(48-27-12-11-24-44(48)39-18-5-2-6-19-39)62-58(41-20-7-3-8-21-41)63-59(38)65-53-31-16-14-26-47(53)50-37-36-49-46-25-13-15-30-52(46)64(55(49)56(50)65)43-34-32-40(33-35-43)45-28-17-29-51-57(45)66-60(61-51)42-22-9-4-10-23-42/h2-37H,1H3. The van der Waals surface area contributed by atoms with Crippen LogP contribution in [0.2, 0.25) is 0 Å². The van der Waals surface area contributed by atoms with Gasteiger partial charge in [0.2, 0.25) is 0 Å². The van der Waals surface area contributed by atoms with Gasteiger partial charge in [-0.15, -0.1) is 11.3 Å². The van der Waals surface area contributed by atoms with Crippen molar-refractivity contribution in [3.05, 3.63) is 224 Å². The van der Waals surface area contributed by atoms with Gasteiger partial charge in [0.15, 0.2) is 5.82 Å². The molecule has 4 heterocycles. The van der Waals surface area contributed by atoms with Gasteiger partial charge in [0.25, 0.3) is 0 Å². The molecule has 5 nitrogen and oxygen atoms in total. The lowest BCUT2D eigenvalue weighted by Crippen LogP contribution is -2.07. The SMILES string of the molecule is Cc1c(-c2ccccc2-c2ccccc2)nc(-c2ccccc2)nc1-n1c2ccccc2c2ccc3c4ccccc4n(-c4ccc(-c5cccc6nc(-c7ccccc7)sc56)cc4)c3c21. The second kappa shape index (κ2) is 15.4. The maximum atomic E-state index is 5.57. The van der Waals surface area contributed by atoms with Gasteiger partial charge in [0, 0.05) is 55.0 Å². The molecule has 9 aromatic carbocycles. The van der Waals surface area contributed by atoms with Gasteiger partial charge in [0.05, 0.1) is 38.0 Å². The number of nitrogens with zero attached hydrogens (tertiary/aromatic N) is 5. The summed E-state index contributed by atoms with van der Waals surface area (Å²) in [5, 5.41) is 5.73. The highest BCUT2D eigenvalue weighted by atomic mass is 32.1. The third kappa shape index (κ3) is 6.03. The topological polar surface area (TPSA) is 48.5 Å². The molecule has 0 aliphatic rings. The van der Waals surface area contributed by atoms with Gasteiger partial charge in [-0.05, 0) is 53.9 Å². The van der Waals surface area contributed by atoms with Crippen LogP contribution in [0.4, 0.5) is 0 Å². The first-order valence-electron chi connectivity index (χ1n) is 22.3. The average molecular weight is 862 g/mol. The molecule has 0 saturated carbocycles. The van der Waals surface area contributed by atoms with Crippen LogP contribution < -0.4 is 0 Å². The maximum Gasteiger partial charge on any atom is 0.162 e. The Morgan fingerprint density at radius 1 is 0.379 bits per heavy atom. The Balaban J connectivity index is 1.07. The molecule has 0 N–H and O–H groups in total. The lowest BCUT2D eigenvalue weighted by atomic mass is 9.95. The van der Waals surface area contributed by atoms with Gasteiger partial charge in [-0.25, -0.2) is 15.0 Å². The van der Waals surface area contributed by atoms with Crippen molar-refractivity contribution < 1.29 is 0 Å². The molecule has 0 radical (unpaired) electrons. The van der Waals surface area contributed by atoms with E-state index in [0.717, 1.165) is 94.1 Å². The Bertz CT molecular complexity index is 3980. The van der Waals surface area contributed by atoms with E-state index in [0.29, 0.717) is 5.82 Å². The number of hydrogen-bond acceptors (Lipinski definition) is 4. The van der Waals surface area contributed by atoms with E-state index in [1.807, 2.05) is 12.1 Å². The van der Waals surface area contributed by atoms with E-state index in [2.05, 4.69) is 222 Å². The normalized spacial score (nSPS) is 11.7. The highest BCUT2D eigenvalue weighted by Gasteiger charge is 2.25. The number of rotatable bonds is 7. The van der Waals surface area contributed by atoms with E-state index in [-0.39, 0.29) is 0 Å². The van der Waals surface area contributed by atoms with Crippen molar-refractivity contribution in [3.8, 4) is 67.0 Å². The molecule has 6 heteroatoms. The molecule has 310 valence electrons. The van der Waals surface area contributed by atoms with E-state index in [4.69, 9.17) is 15.0 Å². The molecule has 4 aromatic heterocycles. The van der Waals surface area contributed by atoms with E-state index in [1.54, 1.807) is 11.3 Å². The Morgan fingerprint density at radius 3 is 1.59 bits per heavy atom. The molecule has 0 amide bonds. The molecule has 0 fully saturated rings. The molecule has 0 unspecified atom stereocenters. The predicted octanol–water partition coefficient (Wildman–Crippen LogP) is 15.9. The third-order valence-electron chi connectivity index (χ3n) is 13.0. The van der Waals surface area contributed by atoms with Crippen LogP contribution in [-0.2, 0) is 0 Å². The number of thiazole rings is 1. The number of fused-ring (bicyclic) bond motifs is 8. The van der Waals surface area contributed by atoms with Crippen molar-refractivity contribution in [2.75, 3.05) is 0 Å². The maximum absolute atomic E-state index is 5.57. The molecule has 0 saturated heterocycles. The number of hydrogen-bond donors (Lipinski definition) is 0. The molecular weight excluding hydrogens is 823 g/mol. The number of benzene rings is 9. The summed E-state index contributed by atoms with van der Waals surface area (Å²) < 4.78 is 6.05. The lowest BCUT2D eigenvalue weighted by Gasteiger charge is -2.18. The number of para-hydroxylation sites is 2. The quantitative estimate of drug-likeness (QED) is 0.160. The summed E-state index contributed by atoms with van der Waals surface area (Å²) in [6.45, 7) is 2.18. The van der Waals surface area contributed by atoms with Crippen molar-refractivity contribution in [2.45, 2.75) is 6.92 Å². The van der Waals surface area contributed by atoms with Gasteiger partial charge >= 0.3 is 0 Å². The fourth-order valence-electron chi connectivity index (χ4n) is 9.92. The Hall–Kier alpha value is -8.45. The van der Waals surface area contributed by atoms with Crippen LogP contribution in [0.15, 0.2) is 218 Å². The summed E-state index contributed by atoms with van der Waals surface area (Å²) in [4.78, 5) is 16.0. The zero-order chi connectivity index (χ0) is 43.7. The highest BCUT2D eigenvalue weighted by molar-refractivity contribution is 7.22. The first kappa shape index (κ1) is 38.0. The highest BCUT2D eigenvalue weighted by Crippen LogP contribution is 2.44. The summed E-state index contributed by atoms with van der Waals surface area (Å²) in [7, 11) is 0. The van der Waals surface area contributed by atoms with Crippen LogP contribution in [0.5, 0.6) is 0 Å².